The van der Waals surface area contributed by atoms with Gasteiger partial charge in [0.25, 0.3) is 0 Å². The van der Waals surface area contributed by atoms with Crippen molar-refractivity contribution in [2.24, 2.45) is 5.73 Å². The topological polar surface area (TPSA) is 168 Å². The van der Waals surface area contributed by atoms with Gasteiger partial charge in [0.1, 0.15) is 0 Å². The van der Waals surface area contributed by atoms with Crippen LogP contribution in [0.15, 0.2) is 35.9 Å². The fourth-order valence-electron chi connectivity index (χ4n) is 2.94. The molecule has 10 heteroatoms. The Morgan fingerprint density at radius 1 is 1.19 bits per heavy atom. The van der Waals surface area contributed by atoms with Crippen LogP contribution in [0, 0.1) is 0 Å². The zero-order valence-electron chi connectivity index (χ0n) is 17.0. The molecule has 0 heterocycles. The fraction of sp³-hybridized carbons (Fsp3) is 0.381. The number of hydrogen-bond acceptors (Lipinski definition) is 9. The number of amides is 1. The molecular weight excluding hydrogens is 408 g/mol. The molecule has 1 aromatic carbocycles. The van der Waals surface area contributed by atoms with Gasteiger partial charge in [-0.1, -0.05) is 6.07 Å². The number of aliphatic hydroxyl groups excluding tert-OH is 1. The molecule has 31 heavy (non-hydrogen) atoms. The lowest BCUT2D eigenvalue weighted by Crippen LogP contribution is -2.55. The molecule has 1 amide bonds. The molecule has 0 unspecified atom stereocenters. The number of ether oxygens (including phenoxy) is 2. The van der Waals surface area contributed by atoms with Gasteiger partial charge >= 0.3 is 11.9 Å². The summed E-state index contributed by atoms with van der Waals surface area (Å²) in [5.74, 6) is -2.14. The number of phenolic OH excluding ortho intramolecular Hbond substituents is 2. The molecule has 0 aromatic heterocycles. The summed E-state index contributed by atoms with van der Waals surface area (Å²) in [5.41, 5.74) is 6.65. The number of rotatable bonds is 8. The second kappa shape index (κ2) is 11.1. The third-order valence-corrected chi connectivity index (χ3v) is 4.47. The van der Waals surface area contributed by atoms with Crippen LogP contribution in [0.25, 0.3) is 6.08 Å². The Bertz CT molecular complexity index is 880. The molecule has 0 spiro atoms. The molecule has 1 aliphatic rings. The Balaban J connectivity index is 1.70. The summed E-state index contributed by atoms with van der Waals surface area (Å²) in [7, 11) is 0. The normalized spacial score (nSPS) is 20.7. The molecule has 0 bridgehead atoms. The van der Waals surface area contributed by atoms with E-state index in [1.807, 2.05) is 0 Å². The van der Waals surface area contributed by atoms with Crippen molar-refractivity contribution in [1.29, 1.82) is 0 Å². The molecule has 0 saturated carbocycles. The quantitative estimate of drug-likeness (QED) is 0.165. The van der Waals surface area contributed by atoms with E-state index in [9.17, 15) is 29.7 Å². The first-order valence-electron chi connectivity index (χ1n) is 9.62. The highest BCUT2D eigenvalue weighted by Gasteiger charge is 2.33. The van der Waals surface area contributed by atoms with E-state index in [1.54, 1.807) is 0 Å². The molecule has 10 nitrogen and oxygen atoms in total. The fourth-order valence-corrected chi connectivity index (χ4v) is 2.94. The zero-order valence-corrected chi connectivity index (χ0v) is 17.0. The number of phenols is 2. The third kappa shape index (κ3) is 7.43. The van der Waals surface area contributed by atoms with Gasteiger partial charge in [0, 0.05) is 31.0 Å². The number of carbonyl (C=O) groups is 3. The molecule has 0 aliphatic heterocycles. The molecule has 6 N–H and O–H groups in total. The van der Waals surface area contributed by atoms with E-state index in [1.165, 1.54) is 43.4 Å². The maximum Gasteiger partial charge on any atom is 0.333 e. The van der Waals surface area contributed by atoms with Crippen molar-refractivity contribution >= 4 is 23.9 Å². The minimum atomic E-state index is -1.10. The molecule has 0 radical (unpaired) electrons. The van der Waals surface area contributed by atoms with E-state index in [2.05, 4.69) is 5.32 Å². The van der Waals surface area contributed by atoms with Crippen LogP contribution >= 0.6 is 0 Å². The summed E-state index contributed by atoms with van der Waals surface area (Å²) < 4.78 is 10.1. The Morgan fingerprint density at radius 2 is 1.90 bits per heavy atom. The molecule has 1 aromatic rings. The third-order valence-electron chi connectivity index (χ3n) is 4.47. The highest BCUT2D eigenvalue weighted by atomic mass is 16.5. The Hall–Kier alpha value is -3.37. The number of carbonyl (C=O) groups excluding carboxylic acids is 3. The van der Waals surface area contributed by atoms with Crippen molar-refractivity contribution in [2.45, 2.75) is 38.0 Å². The summed E-state index contributed by atoms with van der Waals surface area (Å²) in [5, 5.41) is 31.3. The smallest absolute Gasteiger partial charge is 0.333 e. The second-order valence-corrected chi connectivity index (χ2v) is 7.02. The van der Waals surface area contributed by atoms with E-state index >= 15 is 0 Å². The number of nitrogens with one attached hydrogen (secondary N) is 1. The Kier molecular flexibility index (Phi) is 8.59. The van der Waals surface area contributed by atoms with Gasteiger partial charge in [0.2, 0.25) is 5.91 Å². The van der Waals surface area contributed by atoms with Crippen LogP contribution in [0.1, 0.15) is 25.3 Å². The molecular formula is C21H26N2O8. The predicted molar refractivity (Wildman–Crippen MR) is 110 cm³/mol. The van der Waals surface area contributed by atoms with Gasteiger partial charge in [-0.3, -0.25) is 4.79 Å². The average molecular weight is 434 g/mol. The maximum absolute atomic E-state index is 12.1. The standard InChI is InChI=1S/C21H26N2O8/c1-12(24)23-20-15(22)10-14(11-18(20)27)21(29)31-8-2-7-30-19(28)6-4-13-3-5-16(25)17(26)9-13/h3-6,9,11,15,18,20,25-27H,2,7-8,10,22H2,1H3,(H,23,24)/b6-4+/t15-,18+,20+/m0/s1. The SMILES string of the molecule is CC(=O)N[C@H]1[C@H](O)C=C(C(=O)OCCCOC(=O)/C=C/c2ccc(O)c(O)c2)C[C@@H]1N. The van der Waals surface area contributed by atoms with Crippen LogP contribution < -0.4 is 11.1 Å². The summed E-state index contributed by atoms with van der Waals surface area (Å²) in [6, 6.07) is 2.79. The van der Waals surface area contributed by atoms with Gasteiger partial charge in [0.15, 0.2) is 11.5 Å². The number of nitrogens with two attached hydrogens (primary N) is 1. The van der Waals surface area contributed by atoms with Crippen molar-refractivity contribution in [3.05, 3.63) is 41.5 Å². The Labute approximate surface area is 179 Å². The van der Waals surface area contributed by atoms with Gasteiger partial charge in [-0.15, -0.1) is 0 Å². The largest absolute Gasteiger partial charge is 0.504 e. The van der Waals surface area contributed by atoms with Crippen molar-refractivity contribution < 1.29 is 39.2 Å². The zero-order chi connectivity index (χ0) is 23.0. The summed E-state index contributed by atoms with van der Waals surface area (Å²) in [6.45, 7) is 1.33. The number of hydrogen-bond donors (Lipinski definition) is 5. The molecule has 168 valence electrons. The molecule has 2 rings (SSSR count). The van der Waals surface area contributed by atoms with E-state index in [0.717, 1.165) is 0 Å². The first kappa shape index (κ1) is 23.9. The van der Waals surface area contributed by atoms with Gasteiger partial charge in [-0.25, -0.2) is 9.59 Å². The van der Waals surface area contributed by atoms with Crippen molar-refractivity contribution in [1.82, 2.24) is 5.32 Å². The summed E-state index contributed by atoms with van der Waals surface area (Å²) in [4.78, 5) is 35.0. The average Bonchev–Trinajstić information content (AvgIpc) is 2.70. The minimum Gasteiger partial charge on any atom is -0.504 e. The van der Waals surface area contributed by atoms with Gasteiger partial charge < -0.3 is 35.8 Å². The second-order valence-electron chi connectivity index (χ2n) is 7.02. The summed E-state index contributed by atoms with van der Waals surface area (Å²) in [6.07, 6.45) is 3.21. The molecule has 0 fully saturated rings. The number of esters is 2. The number of aliphatic hydroxyl groups is 1. The Morgan fingerprint density at radius 3 is 2.55 bits per heavy atom. The van der Waals surface area contributed by atoms with E-state index < -0.39 is 30.1 Å². The van der Waals surface area contributed by atoms with Crippen LogP contribution in [0.2, 0.25) is 0 Å². The van der Waals surface area contributed by atoms with Crippen LogP contribution in [-0.2, 0) is 23.9 Å². The minimum absolute atomic E-state index is 0.000536. The van der Waals surface area contributed by atoms with E-state index in [4.69, 9.17) is 15.2 Å². The first-order chi connectivity index (χ1) is 14.7. The van der Waals surface area contributed by atoms with Crippen molar-refractivity contribution in [3.8, 4) is 11.5 Å². The maximum atomic E-state index is 12.1. The lowest BCUT2D eigenvalue weighted by Gasteiger charge is -2.32. The van der Waals surface area contributed by atoms with E-state index in [0.29, 0.717) is 5.56 Å². The number of aromatic hydroxyl groups is 2. The highest BCUT2D eigenvalue weighted by molar-refractivity contribution is 5.89. The lowest BCUT2D eigenvalue weighted by molar-refractivity contribution is -0.141. The summed E-state index contributed by atoms with van der Waals surface area (Å²) >= 11 is 0. The van der Waals surface area contributed by atoms with Crippen molar-refractivity contribution in [3.63, 3.8) is 0 Å². The predicted octanol–water partition coefficient (Wildman–Crippen LogP) is 0.110. The molecule has 0 saturated heterocycles. The number of benzene rings is 1. The first-order valence-corrected chi connectivity index (χ1v) is 9.62. The van der Waals surface area contributed by atoms with Gasteiger partial charge in [0.05, 0.1) is 25.4 Å². The van der Waals surface area contributed by atoms with Crippen LogP contribution in [0.5, 0.6) is 11.5 Å². The van der Waals surface area contributed by atoms with Crippen LogP contribution in [0.4, 0.5) is 0 Å². The van der Waals surface area contributed by atoms with E-state index in [-0.39, 0.29) is 49.0 Å². The van der Waals surface area contributed by atoms with Crippen LogP contribution in [-0.4, -0.2) is 64.6 Å². The lowest BCUT2D eigenvalue weighted by atomic mass is 9.88. The molecule has 3 atom stereocenters. The van der Waals surface area contributed by atoms with Crippen molar-refractivity contribution in [2.75, 3.05) is 13.2 Å². The van der Waals surface area contributed by atoms with Gasteiger partial charge in [-0.2, -0.15) is 0 Å². The highest BCUT2D eigenvalue weighted by Crippen LogP contribution is 2.25. The molecule has 1 aliphatic carbocycles. The van der Waals surface area contributed by atoms with Gasteiger partial charge in [-0.05, 0) is 36.3 Å². The van der Waals surface area contributed by atoms with Crippen LogP contribution in [0.3, 0.4) is 0 Å². The monoisotopic (exact) mass is 434 g/mol.